The summed E-state index contributed by atoms with van der Waals surface area (Å²) in [5.74, 6) is 0. The van der Waals surface area contributed by atoms with Crippen LogP contribution in [-0.4, -0.2) is 23.5 Å². The molecule has 1 heterocycles. The van der Waals surface area contributed by atoms with E-state index in [9.17, 15) is 0 Å². The second-order valence-corrected chi connectivity index (χ2v) is 3.27. The molecule has 0 bridgehead atoms. The highest BCUT2D eigenvalue weighted by Gasteiger charge is 2.21. The molecule has 54 valence electrons. The molecular weight excluding hydrogens is 112 g/mol. The minimum Gasteiger partial charge on any atom is -0.459 e. The molecule has 0 aromatic carbocycles. The van der Waals surface area contributed by atoms with E-state index in [0.717, 1.165) is 25.9 Å². The molecule has 0 atom stereocenters. The zero-order chi connectivity index (χ0) is 6.91. The van der Waals surface area contributed by atoms with Gasteiger partial charge in [-0.1, -0.05) is 0 Å². The lowest BCUT2D eigenvalue weighted by atomic mass is 9.91. The standard InChI is InChI=1S/C7H15N2/c1-7(8)3-5-9(2)6-4-7/h2-6,8H2,1H3/q-1. The molecule has 0 spiro atoms. The Balaban J connectivity index is 2.35. The fraction of sp³-hybridized carbons (Fsp3) is 0.857. The summed E-state index contributed by atoms with van der Waals surface area (Å²) in [6.45, 7) is 4.21. The van der Waals surface area contributed by atoms with Crippen LogP contribution in [0.15, 0.2) is 0 Å². The SMILES string of the molecule is [CH2-]N1CCC(C)(N)CC1. The van der Waals surface area contributed by atoms with Gasteiger partial charge in [-0.05, 0) is 32.9 Å². The summed E-state index contributed by atoms with van der Waals surface area (Å²) in [4.78, 5) is 2.08. The van der Waals surface area contributed by atoms with E-state index in [-0.39, 0.29) is 5.54 Å². The Hall–Kier alpha value is -0.0800. The van der Waals surface area contributed by atoms with Crippen molar-refractivity contribution in [2.75, 3.05) is 13.1 Å². The molecule has 1 rings (SSSR count). The zero-order valence-electron chi connectivity index (χ0n) is 6.06. The van der Waals surface area contributed by atoms with Crippen molar-refractivity contribution in [1.29, 1.82) is 0 Å². The quantitative estimate of drug-likeness (QED) is 0.483. The topological polar surface area (TPSA) is 29.3 Å². The van der Waals surface area contributed by atoms with Crippen molar-refractivity contribution in [2.45, 2.75) is 25.3 Å². The summed E-state index contributed by atoms with van der Waals surface area (Å²) in [6, 6.07) is 0. The number of rotatable bonds is 0. The third-order valence-corrected chi connectivity index (χ3v) is 2.00. The first kappa shape index (κ1) is 7.03. The maximum atomic E-state index is 5.89. The number of hydrogen-bond acceptors (Lipinski definition) is 2. The summed E-state index contributed by atoms with van der Waals surface area (Å²) in [5, 5.41) is 0. The Morgan fingerprint density at radius 1 is 1.44 bits per heavy atom. The van der Waals surface area contributed by atoms with Gasteiger partial charge in [-0.3, -0.25) is 7.05 Å². The third-order valence-electron chi connectivity index (χ3n) is 2.00. The number of nitrogens with two attached hydrogens (primary N) is 1. The van der Waals surface area contributed by atoms with E-state index in [1.165, 1.54) is 0 Å². The average molecular weight is 127 g/mol. The number of piperidine rings is 1. The Labute approximate surface area is 57.0 Å². The smallest absolute Gasteiger partial charge is 0.0148 e. The number of nitrogens with zero attached hydrogens (tertiary/aromatic N) is 1. The summed E-state index contributed by atoms with van der Waals surface area (Å²) in [7, 11) is 3.84. The second kappa shape index (κ2) is 2.27. The van der Waals surface area contributed by atoms with Crippen molar-refractivity contribution in [3.63, 3.8) is 0 Å². The van der Waals surface area contributed by atoms with E-state index in [4.69, 9.17) is 5.73 Å². The summed E-state index contributed by atoms with van der Waals surface area (Å²) in [5.41, 5.74) is 5.96. The van der Waals surface area contributed by atoms with Crippen molar-refractivity contribution in [1.82, 2.24) is 4.90 Å². The van der Waals surface area contributed by atoms with Crippen LogP contribution in [0.1, 0.15) is 19.8 Å². The second-order valence-electron chi connectivity index (χ2n) is 3.27. The minimum absolute atomic E-state index is 0.0776. The van der Waals surface area contributed by atoms with Gasteiger partial charge in [0.25, 0.3) is 0 Å². The van der Waals surface area contributed by atoms with Crippen LogP contribution < -0.4 is 5.73 Å². The zero-order valence-corrected chi connectivity index (χ0v) is 6.06. The highest BCUT2D eigenvalue weighted by atomic mass is 15.1. The molecule has 0 aromatic heterocycles. The van der Waals surface area contributed by atoms with Crippen LogP contribution in [0.2, 0.25) is 0 Å². The molecule has 1 saturated heterocycles. The highest BCUT2D eigenvalue weighted by Crippen LogP contribution is 2.17. The van der Waals surface area contributed by atoms with Gasteiger partial charge in [0.2, 0.25) is 0 Å². The molecule has 1 fully saturated rings. The maximum absolute atomic E-state index is 5.89. The van der Waals surface area contributed by atoms with E-state index >= 15 is 0 Å². The van der Waals surface area contributed by atoms with Gasteiger partial charge in [-0.2, -0.15) is 0 Å². The first-order valence-electron chi connectivity index (χ1n) is 3.44. The molecular formula is C7H15N2-. The fourth-order valence-corrected chi connectivity index (χ4v) is 1.06. The largest absolute Gasteiger partial charge is 0.459 e. The van der Waals surface area contributed by atoms with Crippen molar-refractivity contribution in [3.05, 3.63) is 7.05 Å². The van der Waals surface area contributed by atoms with E-state index in [1.807, 2.05) is 0 Å². The monoisotopic (exact) mass is 127 g/mol. The van der Waals surface area contributed by atoms with Crippen LogP contribution in [0.4, 0.5) is 0 Å². The number of likely N-dealkylation sites (tertiary alicyclic amines) is 1. The van der Waals surface area contributed by atoms with Gasteiger partial charge in [0.05, 0.1) is 0 Å². The maximum Gasteiger partial charge on any atom is 0.0148 e. The lowest BCUT2D eigenvalue weighted by Gasteiger charge is -2.39. The van der Waals surface area contributed by atoms with Crippen LogP contribution in [-0.2, 0) is 0 Å². The van der Waals surface area contributed by atoms with Crippen LogP contribution in [0.5, 0.6) is 0 Å². The van der Waals surface area contributed by atoms with Crippen molar-refractivity contribution in [3.8, 4) is 0 Å². The average Bonchev–Trinajstić information content (AvgIpc) is 1.78. The fourth-order valence-electron chi connectivity index (χ4n) is 1.06. The van der Waals surface area contributed by atoms with Gasteiger partial charge in [0.1, 0.15) is 0 Å². The molecule has 0 aliphatic carbocycles. The van der Waals surface area contributed by atoms with Crippen molar-refractivity contribution in [2.24, 2.45) is 5.73 Å². The van der Waals surface area contributed by atoms with Gasteiger partial charge in [0, 0.05) is 5.54 Å². The summed E-state index contributed by atoms with van der Waals surface area (Å²) < 4.78 is 0. The van der Waals surface area contributed by atoms with Crippen molar-refractivity contribution >= 4 is 0 Å². The lowest BCUT2D eigenvalue weighted by molar-refractivity contribution is 0.221. The van der Waals surface area contributed by atoms with Crippen molar-refractivity contribution < 1.29 is 0 Å². The van der Waals surface area contributed by atoms with Gasteiger partial charge in [-0.25, -0.2) is 0 Å². The van der Waals surface area contributed by atoms with Gasteiger partial charge in [0.15, 0.2) is 0 Å². The molecule has 0 radical (unpaired) electrons. The highest BCUT2D eigenvalue weighted by molar-refractivity contribution is 4.85. The van der Waals surface area contributed by atoms with E-state index in [1.54, 1.807) is 0 Å². The predicted octanol–water partition coefficient (Wildman–Crippen LogP) is 0.591. The molecule has 2 heteroatoms. The molecule has 0 amide bonds. The molecule has 0 aromatic rings. The molecule has 0 saturated carbocycles. The van der Waals surface area contributed by atoms with Gasteiger partial charge < -0.3 is 10.6 Å². The van der Waals surface area contributed by atoms with Gasteiger partial charge in [-0.15, -0.1) is 0 Å². The Morgan fingerprint density at radius 3 is 2.22 bits per heavy atom. The Bertz CT molecular complexity index is 89.1. The van der Waals surface area contributed by atoms with E-state index in [2.05, 4.69) is 18.9 Å². The molecule has 1 aliphatic rings. The predicted molar refractivity (Wildman–Crippen MR) is 38.8 cm³/mol. The lowest BCUT2D eigenvalue weighted by Crippen LogP contribution is -2.46. The summed E-state index contributed by atoms with van der Waals surface area (Å²) in [6.07, 6.45) is 2.16. The van der Waals surface area contributed by atoms with Crippen LogP contribution in [0.3, 0.4) is 0 Å². The van der Waals surface area contributed by atoms with Crippen LogP contribution in [0, 0.1) is 7.05 Å². The normalized spacial score (nSPS) is 28.3. The summed E-state index contributed by atoms with van der Waals surface area (Å²) >= 11 is 0. The van der Waals surface area contributed by atoms with E-state index in [0.29, 0.717) is 0 Å². The first-order chi connectivity index (χ1) is 4.10. The Kier molecular flexibility index (Phi) is 1.78. The number of hydrogen-bond donors (Lipinski definition) is 1. The van der Waals surface area contributed by atoms with E-state index < -0.39 is 0 Å². The van der Waals surface area contributed by atoms with Gasteiger partial charge >= 0.3 is 0 Å². The third kappa shape index (κ3) is 1.95. The van der Waals surface area contributed by atoms with Crippen LogP contribution in [0.25, 0.3) is 0 Å². The Morgan fingerprint density at radius 2 is 1.89 bits per heavy atom. The molecule has 2 N–H and O–H groups in total. The molecule has 9 heavy (non-hydrogen) atoms. The molecule has 2 nitrogen and oxygen atoms in total. The minimum atomic E-state index is 0.0776. The molecule has 0 unspecified atom stereocenters. The van der Waals surface area contributed by atoms with Crippen LogP contribution >= 0.6 is 0 Å². The molecule has 1 aliphatic heterocycles. The first-order valence-corrected chi connectivity index (χ1v) is 3.44.